The summed E-state index contributed by atoms with van der Waals surface area (Å²) < 4.78 is 5.32. The Morgan fingerprint density at radius 1 is 0.969 bits per heavy atom. The van der Waals surface area contributed by atoms with Crippen molar-refractivity contribution < 1.29 is 14.6 Å². The maximum atomic E-state index is 13.6. The highest BCUT2D eigenvalue weighted by Gasteiger charge is 2.36. The van der Waals surface area contributed by atoms with Gasteiger partial charge in [-0.05, 0) is 47.7 Å². The van der Waals surface area contributed by atoms with Gasteiger partial charge in [-0.1, -0.05) is 54.1 Å². The molecular formula is C26H23ClN2O3. The molecule has 0 aromatic heterocycles. The highest BCUT2D eigenvalue weighted by molar-refractivity contribution is 6.32. The highest BCUT2D eigenvalue weighted by Crippen LogP contribution is 2.46. The first kappa shape index (κ1) is 20.5. The van der Waals surface area contributed by atoms with Crippen molar-refractivity contribution in [1.29, 1.82) is 0 Å². The minimum Gasteiger partial charge on any atom is -0.503 e. The molecule has 0 saturated carbocycles. The lowest BCUT2D eigenvalue weighted by molar-refractivity contribution is -0.116. The lowest BCUT2D eigenvalue weighted by atomic mass is 9.78. The summed E-state index contributed by atoms with van der Waals surface area (Å²) >= 11 is 6.30. The number of para-hydroxylation sites is 2. The number of Topliss-reactive ketones (excluding diaryl/α,β-unsaturated/α-hetero) is 1. The molecule has 162 valence electrons. The van der Waals surface area contributed by atoms with E-state index in [1.165, 1.54) is 7.11 Å². The van der Waals surface area contributed by atoms with Gasteiger partial charge in [-0.2, -0.15) is 0 Å². The summed E-state index contributed by atoms with van der Waals surface area (Å²) in [6.45, 7) is 0. The number of benzene rings is 3. The number of nitrogens with one attached hydrogen (secondary N) is 2. The van der Waals surface area contributed by atoms with Gasteiger partial charge >= 0.3 is 0 Å². The number of phenols is 1. The van der Waals surface area contributed by atoms with E-state index in [1.54, 1.807) is 12.1 Å². The summed E-state index contributed by atoms with van der Waals surface area (Å²) in [5.74, 6) is 0.352. The largest absolute Gasteiger partial charge is 0.503 e. The number of allylic oxidation sites excluding steroid dienone is 1. The average molecular weight is 447 g/mol. The maximum Gasteiger partial charge on any atom is 0.176 e. The van der Waals surface area contributed by atoms with Crippen molar-refractivity contribution in [2.24, 2.45) is 0 Å². The molecule has 1 aliphatic heterocycles. The number of methoxy groups -OCH3 is 1. The number of aromatic hydroxyl groups is 1. The van der Waals surface area contributed by atoms with Gasteiger partial charge in [0.2, 0.25) is 0 Å². The van der Waals surface area contributed by atoms with E-state index in [0.29, 0.717) is 12.0 Å². The topological polar surface area (TPSA) is 70.6 Å². The monoisotopic (exact) mass is 446 g/mol. The number of ketones is 1. The molecule has 3 aromatic rings. The Morgan fingerprint density at radius 2 is 1.69 bits per heavy atom. The molecule has 5 nitrogen and oxygen atoms in total. The summed E-state index contributed by atoms with van der Waals surface area (Å²) in [5, 5.41) is 17.4. The van der Waals surface area contributed by atoms with Gasteiger partial charge < -0.3 is 20.5 Å². The molecule has 1 aliphatic carbocycles. The van der Waals surface area contributed by atoms with Crippen LogP contribution in [0.4, 0.5) is 11.4 Å². The minimum atomic E-state index is -0.433. The summed E-state index contributed by atoms with van der Waals surface area (Å²) in [6.07, 6.45) is 1.16. The molecule has 0 saturated heterocycles. The van der Waals surface area contributed by atoms with E-state index in [9.17, 15) is 9.90 Å². The van der Waals surface area contributed by atoms with Gasteiger partial charge in [-0.3, -0.25) is 4.79 Å². The van der Waals surface area contributed by atoms with Crippen LogP contribution in [0.5, 0.6) is 11.5 Å². The van der Waals surface area contributed by atoms with Crippen molar-refractivity contribution in [2.75, 3.05) is 17.7 Å². The van der Waals surface area contributed by atoms with Gasteiger partial charge in [-0.15, -0.1) is 0 Å². The second-order valence-electron chi connectivity index (χ2n) is 8.13. The molecule has 32 heavy (non-hydrogen) atoms. The quantitative estimate of drug-likeness (QED) is 0.458. The predicted molar refractivity (Wildman–Crippen MR) is 127 cm³/mol. The Bertz CT molecular complexity index is 1220. The van der Waals surface area contributed by atoms with E-state index in [-0.39, 0.29) is 28.2 Å². The van der Waals surface area contributed by atoms with Crippen LogP contribution < -0.4 is 15.4 Å². The van der Waals surface area contributed by atoms with Crippen molar-refractivity contribution in [3.8, 4) is 11.5 Å². The van der Waals surface area contributed by atoms with Crippen molar-refractivity contribution in [3.05, 3.63) is 94.1 Å². The number of rotatable bonds is 3. The van der Waals surface area contributed by atoms with Crippen LogP contribution in [0, 0.1) is 0 Å². The summed E-state index contributed by atoms with van der Waals surface area (Å²) in [7, 11) is 1.48. The van der Waals surface area contributed by atoms with Crippen LogP contribution in [0.1, 0.15) is 35.9 Å². The van der Waals surface area contributed by atoms with Crippen LogP contribution in [-0.2, 0) is 4.79 Å². The summed E-state index contributed by atoms with van der Waals surface area (Å²) in [5.41, 5.74) is 5.31. The Balaban J connectivity index is 1.65. The Morgan fingerprint density at radius 3 is 2.44 bits per heavy atom. The highest BCUT2D eigenvalue weighted by atomic mass is 35.5. The second kappa shape index (κ2) is 8.24. The molecule has 5 rings (SSSR count). The van der Waals surface area contributed by atoms with Gasteiger partial charge in [0.1, 0.15) is 0 Å². The third-order valence-electron chi connectivity index (χ3n) is 6.18. The number of phenolic OH excluding ortho intramolecular Hbond substituents is 1. The molecule has 0 radical (unpaired) electrons. The zero-order valence-electron chi connectivity index (χ0n) is 17.6. The molecule has 0 bridgehead atoms. The summed E-state index contributed by atoms with van der Waals surface area (Å²) in [4.78, 5) is 13.6. The standard InChI is InChI=1S/C26H23ClN2O3/c1-32-23-14-17(11-18(27)26(23)31)25-24-21(28-19-9-5-6-10-20(19)29-25)12-16(13-22(24)30)15-7-3-2-4-8-15/h2-11,14,16,25,28-29,31H,12-13H2,1H3/t16-,25-/m1/s1. The van der Waals surface area contributed by atoms with Gasteiger partial charge in [0.05, 0.1) is 29.5 Å². The zero-order chi connectivity index (χ0) is 22.2. The lowest BCUT2D eigenvalue weighted by Gasteiger charge is -2.30. The zero-order valence-corrected chi connectivity index (χ0v) is 18.3. The molecule has 0 amide bonds. The van der Waals surface area contributed by atoms with Gasteiger partial charge in [0.25, 0.3) is 0 Å². The Labute approximate surface area is 191 Å². The number of halogens is 1. The first-order chi connectivity index (χ1) is 15.5. The number of ether oxygens (including phenoxy) is 1. The van der Waals surface area contributed by atoms with Gasteiger partial charge in [0.15, 0.2) is 17.3 Å². The molecule has 1 heterocycles. The van der Waals surface area contributed by atoms with E-state index in [0.717, 1.165) is 34.6 Å². The third kappa shape index (κ3) is 3.59. The molecule has 0 fully saturated rings. The van der Waals surface area contributed by atoms with E-state index in [1.807, 2.05) is 42.5 Å². The van der Waals surface area contributed by atoms with Crippen LogP contribution in [0.25, 0.3) is 0 Å². The number of hydrogen-bond acceptors (Lipinski definition) is 5. The van der Waals surface area contributed by atoms with E-state index in [2.05, 4.69) is 22.8 Å². The second-order valence-corrected chi connectivity index (χ2v) is 8.54. The lowest BCUT2D eigenvalue weighted by Crippen LogP contribution is -2.26. The fourth-order valence-electron chi connectivity index (χ4n) is 4.62. The van der Waals surface area contributed by atoms with Crippen molar-refractivity contribution >= 4 is 28.8 Å². The van der Waals surface area contributed by atoms with Crippen molar-refractivity contribution in [1.82, 2.24) is 0 Å². The molecule has 3 aromatic carbocycles. The van der Waals surface area contributed by atoms with E-state index >= 15 is 0 Å². The molecule has 0 unspecified atom stereocenters. The number of fused-ring (bicyclic) bond motifs is 1. The normalized spacial score (nSPS) is 19.9. The molecule has 2 aliphatic rings. The molecular weight excluding hydrogens is 424 g/mol. The summed E-state index contributed by atoms with van der Waals surface area (Å²) in [6, 6.07) is 21.0. The van der Waals surface area contributed by atoms with Crippen molar-refractivity contribution in [2.45, 2.75) is 24.8 Å². The van der Waals surface area contributed by atoms with Crippen molar-refractivity contribution in [3.63, 3.8) is 0 Å². The van der Waals surface area contributed by atoms with Crippen LogP contribution in [0.15, 0.2) is 78.0 Å². The van der Waals surface area contributed by atoms with Crippen LogP contribution in [0.3, 0.4) is 0 Å². The fraction of sp³-hybridized carbons (Fsp3) is 0.192. The SMILES string of the molecule is COc1cc([C@H]2Nc3ccccc3NC3=C2C(=O)C[C@H](c2ccccc2)C3)cc(Cl)c1O. The first-order valence-corrected chi connectivity index (χ1v) is 10.9. The molecule has 0 spiro atoms. The van der Waals surface area contributed by atoms with Gasteiger partial charge in [-0.25, -0.2) is 0 Å². The van der Waals surface area contributed by atoms with E-state index < -0.39 is 6.04 Å². The molecule has 2 atom stereocenters. The van der Waals surface area contributed by atoms with Crippen LogP contribution in [0.2, 0.25) is 5.02 Å². The number of anilines is 2. The Hall–Kier alpha value is -3.44. The third-order valence-corrected chi connectivity index (χ3v) is 6.47. The fourth-order valence-corrected chi connectivity index (χ4v) is 4.84. The Kier molecular flexibility index (Phi) is 5.27. The number of carbonyl (C=O) groups excluding carboxylic acids is 1. The maximum absolute atomic E-state index is 13.6. The van der Waals surface area contributed by atoms with Crippen LogP contribution >= 0.6 is 11.6 Å². The minimum absolute atomic E-state index is 0.0843. The smallest absolute Gasteiger partial charge is 0.176 e. The molecule has 3 N–H and O–H groups in total. The molecule has 6 heteroatoms. The van der Waals surface area contributed by atoms with Gasteiger partial charge in [0, 0.05) is 17.7 Å². The number of carbonyl (C=O) groups is 1. The predicted octanol–water partition coefficient (Wildman–Crippen LogP) is 6.03. The number of hydrogen-bond donors (Lipinski definition) is 3. The van der Waals surface area contributed by atoms with Crippen LogP contribution in [-0.4, -0.2) is 18.0 Å². The van der Waals surface area contributed by atoms with E-state index in [4.69, 9.17) is 16.3 Å². The first-order valence-electron chi connectivity index (χ1n) is 10.6. The average Bonchev–Trinajstić information content (AvgIpc) is 2.98.